The molecule has 0 aromatic heterocycles. The van der Waals surface area contributed by atoms with Crippen molar-refractivity contribution in [2.45, 2.75) is 18.0 Å². The maximum Gasteiger partial charge on any atom is 0.441 e. The van der Waals surface area contributed by atoms with E-state index in [1.807, 2.05) is 0 Å². The van der Waals surface area contributed by atoms with Crippen molar-refractivity contribution in [3.63, 3.8) is 0 Å². The summed E-state index contributed by atoms with van der Waals surface area (Å²) in [5.74, 6) is -2.83. The lowest BCUT2D eigenvalue weighted by atomic mass is 10.0. The Kier molecular flexibility index (Phi) is 3.78. The third-order valence-corrected chi connectivity index (χ3v) is 2.13. The van der Waals surface area contributed by atoms with Gasteiger partial charge in [0.1, 0.15) is 0 Å². The lowest BCUT2D eigenvalue weighted by molar-refractivity contribution is -0.324. The zero-order valence-corrected chi connectivity index (χ0v) is 8.94. The lowest BCUT2D eigenvalue weighted by Crippen LogP contribution is -2.60. The van der Waals surface area contributed by atoms with E-state index < -0.39 is 23.9 Å². The highest BCUT2D eigenvalue weighted by Crippen LogP contribution is 2.46. The molecule has 0 fully saturated rings. The van der Waals surface area contributed by atoms with Gasteiger partial charge in [0.25, 0.3) is 5.91 Å². The van der Waals surface area contributed by atoms with Crippen LogP contribution in [0.2, 0.25) is 0 Å². The van der Waals surface area contributed by atoms with Crippen LogP contribution < -0.4 is 5.32 Å². The monoisotopic (exact) mass is 289 g/mol. The van der Waals surface area contributed by atoms with Crippen molar-refractivity contribution in [3.8, 4) is 0 Å². The van der Waals surface area contributed by atoms with E-state index in [1.54, 1.807) is 0 Å². The smallest absolute Gasteiger partial charge is 0.323 e. The largest absolute Gasteiger partial charge is 0.441 e. The lowest BCUT2D eigenvalue weighted by Gasteiger charge is -2.28. The van der Waals surface area contributed by atoms with Gasteiger partial charge in [-0.1, -0.05) is 18.2 Å². The van der Waals surface area contributed by atoms with E-state index in [2.05, 4.69) is 0 Å². The van der Waals surface area contributed by atoms with Crippen LogP contribution in [0, 0.1) is 0 Å². The van der Waals surface area contributed by atoms with Gasteiger partial charge in [0.2, 0.25) is 0 Å². The molecule has 1 rings (SSSR count). The predicted molar refractivity (Wildman–Crippen MR) is 51.0 cm³/mol. The summed E-state index contributed by atoms with van der Waals surface area (Å²) < 4.78 is 86.4. The first-order chi connectivity index (χ1) is 8.50. The quantitative estimate of drug-likeness (QED) is 0.830. The van der Waals surface area contributed by atoms with Gasteiger partial charge in [-0.3, -0.25) is 4.79 Å². The SMILES string of the molecule is O=C(Nc1ccccc1)C(F)(C(F)(F)F)C(F)(F)F. The normalized spacial score (nSPS) is 13.2. The molecule has 0 saturated heterocycles. The minimum absolute atomic E-state index is 0.386. The molecule has 2 nitrogen and oxygen atoms in total. The Labute approximate surface area is 102 Å². The fourth-order valence-corrected chi connectivity index (χ4v) is 1.16. The van der Waals surface area contributed by atoms with Crippen molar-refractivity contribution in [2.75, 3.05) is 5.32 Å². The van der Waals surface area contributed by atoms with E-state index in [1.165, 1.54) is 23.5 Å². The van der Waals surface area contributed by atoms with Gasteiger partial charge in [0, 0.05) is 5.69 Å². The van der Waals surface area contributed by atoms with Crippen LogP contribution in [-0.2, 0) is 4.79 Å². The van der Waals surface area contributed by atoms with E-state index in [9.17, 15) is 35.5 Å². The molecule has 1 N–H and O–H groups in total. The van der Waals surface area contributed by atoms with Crippen LogP contribution in [0.1, 0.15) is 0 Å². The maximum atomic E-state index is 13.2. The van der Waals surface area contributed by atoms with E-state index >= 15 is 0 Å². The molecule has 0 bridgehead atoms. The second kappa shape index (κ2) is 4.71. The summed E-state index contributed by atoms with van der Waals surface area (Å²) in [7, 11) is 0. The molecule has 106 valence electrons. The minimum Gasteiger partial charge on any atom is -0.323 e. The second-order valence-electron chi connectivity index (χ2n) is 3.47. The first-order valence-corrected chi connectivity index (χ1v) is 4.69. The molecule has 0 radical (unpaired) electrons. The summed E-state index contributed by atoms with van der Waals surface area (Å²) in [6, 6.07) is 5.94. The molecular formula is C10H6F7NO. The van der Waals surface area contributed by atoms with Crippen LogP contribution in [0.15, 0.2) is 30.3 Å². The molecule has 0 unspecified atom stereocenters. The fourth-order valence-electron chi connectivity index (χ4n) is 1.16. The van der Waals surface area contributed by atoms with Crippen molar-refractivity contribution in [2.24, 2.45) is 0 Å². The van der Waals surface area contributed by atoms with Crippen LogP contribution in [0.5, 0.6) is 0 Å². The number of carbonyl (C=O) groups is 1. The molecular weight excluding hydrogens is 283 g/mol. The number of nitrogens with one attached hydrogen (secondary N) is 1. The van der Waals surface area contributed by atoms with Crippen LogP contribution >= 0.6 is 0 Å². The van der Waals surface area contributed by atoms with Crippen LogP contribution in [0.3, 0.4) is 0 Å². The van der Waals surface area contributed by atoms with Gasteiger partial charge in [0.15, 0.2) is 0 Å². The molecule has 0 spiro atoms. The number of amides is 1. The molecule has 0 aliphatic heterocycles. The molecule has 9 heteroatoms. The van der Waals surface area contributed by atoms with Gasteiger partial charge in [-0.05, 0) is 12.1 Å². The number of carbonyl (C=O) groups excluding carboxylic acids is 1. The Morgan fingerprint density at radius 1 is 0.842 bits per heavy atom. The molecule has 1 aromatic rings. The van der Waals surface area contributed by atoms with Gasteiger partial charge in [-0.2, -0.15) is 26.3 Å². The summed E-state index contributed by atoms with van der Waals surface area (Å²) in [5.41, 5.74) is -6.35. The first-order valence-electron chi connectivity index (χ1n) is 4.69. The maximum absolute atomic E-state index is 13.2. The van der Waals surface area contributed by atoms with Gasteiger partial charge in [-0.25, -0.2) is 4.39 Å². The zero-order chi connectivity index (χ0) is 14.9. The Morgan fingerprint density at radius 2 is 1.26 bits per heavy atom. The molecule has 0 aliphatic carbocycles. The molecule has 0 saturated carbocycles. The number of alkyl halides is 7. The fraction of sp³-hybridized carbons (Fsp3) is 0.300. The Hall–Kier alpha value is -1.80. The third-order valence-electron chi connectivity index (χ3n) is 2.13. The summed E-state index contributed by atoms with van der Waals surface area (Å²) in [6.45, 7) is 0. The number of benzene rings is 1. The number of hydrogen-bond donors (Lipinski definition) is 1. The minimum atomic E-state index is -6.41. The zero-order valence-electron chi connectivity index (χ0n) is 8.94. The molecule has 1 amide bonds. The topological polar surface area (TPSA) is 29.1 Å². The second-order valence-corrected chi connectivity index (χ2v) is 3.47. The number of hydrogen-bond acceptors (Lipinski definition) is 1. The van der Waals surface area contributed by atoms with Crippen molar-refractivity contribution >= 4 is 11.6 Å². The Bertz CT molecular complexity index is 437. The van der Waals surface area contributed by atoms with E-state index in [0.717, 1.165) is 12.1 Å². The Balaban J connectivity index is 3.11. The highest BCUT2D eigenvalue weighted by molar-refractivity contribution is 5.98. The van der Waals surface area contributed by atoms with Gasteiger partial charge >= 0.3 is 18.0 Å². The van der Waals surface area contributed by atoms with Crippen molar-refractivity contribution < 1.29 is 35.5 Å². The van der Waals surface area contributed by atoms with E-state index in [0.29, 0.717) is 0 Å². The van der Waals surface area contributed by atoms with Crippen LogP contribution in [0.25, 0.3) is 0 Å². The number of anilines is 1. The molecule has 0 atom stereocenters. The summed E-state index contributed by atoms with van der Waals surface area (Å²) in [6.07, 6.45) is -12.8. The van der Waals surface area contributed by atoms with E-state index in [-0.39, 0.29) is 5.69 Å². The highest BCUT2D eigenvalue weighted by Gasteiger charge is 2.77. The third kappa shape index (κ3) is 2.79. The van der Waals surface area contributed by atoms with Crippen LogP contribution in [-0.4, -0.2) is 23.9 Å². The van der Waals surface area contributed by atoms with Crippen LogP contribution in [0.4, 0.5) is 36.4 Å². The number of halogens is 7. The molecule has 0 heterocycles. The van der Waals surface area contributed by atoms with E-state index in [4.69, 9.17) is 0 Å². The molecule has 0 aliphatic rings. The van der Waals surface area contributed by atoms with Crippen molar-refractivity contribution in [1.82, 2.24) is 0 Å². The predicted octanol–water partition coefficient (Wildman–Crippen LogP) is 3.46. The van der Waals surface area contributed by atoms with Gasteiger partial charge < -0.3 is 5.32 Å². The first kappa shape index (κ1) is 15.3. The number of para-hydroxylation sites is 1. The van der Waals surface area contributed by atoms with Crippen molar-refractivity contribution in [3.05, 3.63) is 30.3 Å². The average Bonchev–Trinajstić information content (AvgIpc) is 2.26. The standard InChI is InChI=1S/C10H6F7NO/c11-8(9(12,13)14,10(15,16)17)7(19)18-6-4-2-1-3-5-6/h1-5H,(H,18,19). The van der Waals surface area contributed by atoms with Gasteiger partial charge in [-0.15, -0.1) is 0 Å². The van der Waals surface area contributed by atoms with Crippen molar-refractivity contribution in [1.29, 1.82) is 0 Å². The average molecular weight is 289 g/mol. The Morgan fingerprint density at radius 3 is 1.63 bits per heavy atom. The summed E-state index contributed by atoms with van der Waals surface area (Å²) >= 11 is 0. The highest BCUT2D eigenvalue weighted by atomic mass is 19.4. The molecule has 1 aromatic carbocycles. The van der Waals surface area contributed by atoms with Gasteiger partial charge in [0.05, 0.1) is 0 Å². The summed E-state index contributed by atoms with van der Waals surface area (Å²) in [5, 5.41) is 1.24. The number of rotatable bonds is 2. The summed E-state index contributed by atoms with van der Waals surface area (Å²) in [4.78, 5) is 11.0. The molecule has 19 heavy (non-hydrogen) atoms.